The van der Waals surface area contributed by atoms with E-state index in [1.807, 2.05) is 18.7 Å². The second kappa shape index (κ2) is 13.1. The average Bonchev–Trinajstić information content (AvgIpc) is 3.59. The molecule has 0 radical (unpaired) electrons. The van der Waals surface area contributed by atoms with Gasteiger partial charge in [0.15, 0.2) is 11.3 Å². The van der Waals surface area contributed by atoms with Crippen LogP contribution in [0.5, 0.6) is 0 Å². The molecule has 0 spiro atoms. The van der Waals surface area contributed by atoms with Gasteiger partial charge in [0, 0.05) is 25.3 Å². The number of imidazole rings is 1. The van der Waals surface area contributed by atoms with Crippen molar-refractivity contribution in [1.82, 2.24) is 30.2 Å². The second-order valence-electron chi connectivity index (χ2n) is 9.57. The number of rotatable bonds is 7. The molecule has 12 heteroatoms. The molecule has 3 aromatic heterocycles. The number of alkyl halides is 2. The zero-order chi connectivity index (χ0) is 29.5. The summed E-state index contributed by atoms with van der Waals surface area (Å²) in [6.45, 7) is 8.15. The number of nitrogens with one attached hydrogen (secondary N) is 2. The zero-order valence-electron chi connectivity index (χ0n) is 22.7. The minimum Gasteiger partial charge on any atom is -0.353 e. The fraction of sp³-hybridized carbons (Fsp3) is 0.276. The lowest BCUT2D eigenvalue weighted by atomic mass is 10.0. The molecular weight excluding hydrogens is 535 g/mol. The highest BCUT2D eigenvalue weighted by Crippen LogP contribution is 2.20. The summed E-state index contributed by atoms with van der Waals surface area (Å²) in [5, 5.41) is 9.65. The third-order valence-corrected chi connectivity index (χ3v) is 6.38. The maximum atomic E-state index is 12.7. The van der Waals surface area contributed by atoms with Gasteiger partial charge in [-0.3, -0.25) is 14.6 Å². The standard InChI is InChI=1S/C23H25F2N7O2.C6H5F/c1-13(2)16-9-26-17(8-14(16)3)22(33)29-15-6-7-31(12-15)21-5-4-20-27-10-18(32(20)30-21)23(34)28-11-19(24)25;7-6-4-2-1-3-5-6/h4-5,8-10,15,19H,1,6-7,11-12H2,2-3H3,(H,28,34)(H,29,33);1-5H/t15-;/m0./s1. The summed E-state index contributed by atoms with van der Waals surface area (Å²) in [5.74, 6) is -0.517. The molecule has 4 aromatic rings. The summed E-state index contributed by atoms with van der Waals surface area (Å²) in [5.41, 5.74) is 3.59. The number of aromatic nitrogens is 4. The fourth-order valence-electron chi connectivity index (χ4n) is 4.33. The molecule has 4 heterocycles. The SMILES string of the molecule is C=C(C)c1cnc(C(=O)N[C@H]2CCN(c3ccc4ncc(C(=O)NCC(F)F)n4n3)C2)cc1C.Fc1ccccc1. The summed E-state index contributed by atoms with van der Waals surface area (Å²) < 4.78 is 38.1. The van der Waals surface area contributed by atoms with Crippen LogP contribution in [-0.2, 0) is 0 Å². The number of fused-ring (bicyclic) bond motifs is 1. The van der Waals surface area contributed by atoms with E-state index in [4.69, 9.17) is 0 Å². The monoisotopic (exact) mass is 565 g/mol. The number of hydrogen-bond acceptors (Lipinski definition) is 6. The van der Waals surface area contributed by atoms with Gasteiger partial charge < -0.3 is 15.5 Å². The molecule has 1 aliphatic rings. The minimum atomic E-state index is -2.65. The molecule has 0 aliphatic carbocycles. The van der Waals surface area contributed by atoms with E-state index in [2.05, 4.69) is 32.3 Å². The smallest absolute Gasteiger partial charge is 0.271 e. The summed E-state index contributed by atoms with van der Waals surface area (Å²) in [7, 11) is 0. The van der Waals surface area contributed by atoms with E-state index in [0.717, 1.165) is 16.7 Å². The number of allylic oxidation sites excluding steroid dienone is 1. The number of pyridine rings is 1. The van der Waals surface area contributed by atoms with Crippen LogP contribution in [0, 0.1) is 12.7 Å². The maximum Gasteiger partial charge on any atom is 0.271 e. The third-order valence-electron chi connectivity index (χ3n) is 6.38. The van der Waals surface area contributed by atoms with Crippen molar-refractivity contribution in [3.05, 3.63) is 95.8 Å². The first-order valence-electron chi connectivity index (χ1n) is 12.9. The Morgan fingerprint density at radius 2 is 1.85 bits per heavy atom. The summed E-state index contributed by atoms with van der Waals surface area (Å²) in [4.78, 5) is 35.3. The molecule has 2 N–H and O–H groups in total. The third kappa shape index (κ3) is 7.47. The minimum absolute atomic E-state index is 0.0706. The first kappa shape index (κ1) is 29.2. The number of hydrogen-bond donors (Lipinski definition) is 2. The topological polar surface area (TPSA) is 105 Å². The van der Waals surface area contributed by atoms with Crippen LogP contribution in [0.25, 0.3) is 11.2 Å². The molecule has 1 fully saturated rings. The highest BCUT2D eigenvalue weighted by Gasteiger charge is 2.26. The van der Waals surface area contributed by atoms with Crippen molar-refractivity contribution in [2.75, 3.05) is 24.5 Å². The number of carbonyl (C=O) groups is 2. The molecule has 1 aromatic carbocycles. The molecule has 5 rings (SSSR count). The molecule has 1 aliphatic heterocycles. The van der Waals surface area contributed by atoms with Crippen LogP contribution in [-0.4, -0.2) is 63.5 Å². The van der Waals surface area contributed by atoms with Crippen molar-refractivity contribution in [3.8, 4) is 0 Å². The van der Waals surface area contributed by atoms with E-state index in [0.29, 0.717) is 36.7 Å². The van der Waals surface area contributed by atoms with Crippen molar-refractivity contribution < 1.29 is 22.8 Å². The highest BCUT2D eigenvalue weighted by atomic mass is 19.3. The van der Waals surface area contributed by atoms with Crippen molar-refractivity contribution in [3.63, 3.8) is 0 Å². The average molecular weight is 566 g/mol. The van der Waals surface area contributed by atoms with Crippen LogP contribution in [0.3, 0.4) is 0 Å². The van der Waals surface area contributed by atoms with Gasteiger partial charge in [0.1, 0.15) is 17.3 Å². The summed E-state index contributed by atoms with van der Waals surface area (Å²) >= 11 is 0. The number of halogens is 3. The normalized spacial score (nSPS) is 14.5. The van der Waals surface area contributed by atoms with E-state index in [9.17, 15) is 22.8 Å². The Kier molecular flexibility index (Phi) is 9.33. The summed E-state index contributed by atoms with van der Waals surface area (Å²) in [6, 6.07) is 13.1. The van der Waals surface area contributed by atoms with Gasteiger partial charge in [-0.1, -0.05) is 24.8 Å². The van der Waals surface area contributed by atoms with E-state index < -0.39 is 18.9 Å². The van der Waals surface area contributed by atoms with Crippen LogP contribution in [0.1, 0.15) is 45.4 Å². The van der Waals surface area contributed by atoms with Gasteiger partial charge in [-0.15, -0.1) is 5.10 Å². The molecular formula is C29H30F3N7O2. The molecule has 9 nitrogen and oxygen atoms in total. The van der Waals surface area contributed by atoms with Crippen LogP contribution in [0.2, 0.25) is 0 Å². The van der Waals surface area contributed by atoms with Crippen LogP contribution < -0.4 is 15.5 Å². The Balaban J connectivity index is 0.000000483. The number of aryl methyl sites for hydroxylation is 1. The van der Waals surface area contributed by atoms with Gasteiger partial charge in [0.25, 0.3) is 18.2 Å². The van der Waals surface area contributed by atoms with Crippen LogP contribution >= 0.6 is 0 Å². The Hall–Kier alpha value is -4.74. The molecule has 1 atom stereocenters. The fourth-order valence-corrected chi connectivity index (χ4v) is 4.33. The van der Waals surface area contributed by atoms with Gasteiger partial charge in [-0.05, 0) is 67.3 Å². The first-order valence-corrected chi connectivity index (χ1v) is 12.9. The van der Waals surface area contributed by atoms with Crippen molar-refractivity contribution in [1.29, 1.82) is 0 Å². The molecule has 0 unspecified atom stereocenters. The van der Waals surface area contributed by atoms with Crippen molar-refractivity contribution in [2.45, 2.75) is 32.7 Å². The van der Waals surface area contributed by atoms with Gasteiger partial charge >= 0.3 is 0 Å². The van der Waals surface area contributed by atoms with E-state index in [-0.39, 0.29) is 23.5 Å². The number of carbonyl (C=O) groups excluding carboxylic acids is 2. The quantitative estimate of drug-likeness (QED) is 0.347. The molecule has 1 saturated heterocycles. The summed E-state index contributed by atoms with van der Waals surface area (Å²) in [6.07, 6.45) is 1.02. The molecule has 0 saturated carbocycles. The van der Waals surface area contributed by atoms with E-state index in [1.54, 1.807) is 42.6 Å². The number of anilines is 1. The van der Waals surface area contributed by atoms with Gasteiger partial charge in [0.05, 0.1) is 12.7 Å². The van der Waals surface area contributed by atoms with Gasteiger partial charge in [0.2, 0.25) is 0 Å². The number of amides is 2. The largest absolute Gasteiger partial charge is 0.353 e. The van der Waals surface area contributed by atoms with E-state index >= 15 is 0 Å². The second-order valence-corrected chi connectivity index (χ2v) is 9.57. The van der Waals surface area contributed by atoms with Crippen molar-refractivity contribution in [2.24, 2.45) is 0 Å². The van der Waals surface area contributed by atoms with Crippen LogP contribution in [0.4, 0.5) is 19.0 Å². The Labute approximate surface area is 235 Å². The lowest BCUT2D eigenvalue weighted by Crippen LogP contribution is -2.37. The Bertz CT molecular complexity index is 1540. The predicted molar refractivity (Wildman–Crippen MR) is 149 cm³/mol. The Morgan fingerprint density at radius 3 is 2.49 bits per heavy atom. The lowest BCUT2D eigenvalue weighted by molar-refractivity contribution is 0.0884. The van der Waals surface area contributed by atoms with E-state index in [1.165, 1.54) is 22.8 Å². The Morgan fingerprint density at radius 1 is 1.10 bits per heavy atom. The van der Waals surface area contributed by atoms with Gasteiger partial charge in [-0.2, -0.15) is 0 Å². The highest BCUT2D eigenvalue weighted by molar-refractivity contribution is 5.93. The predicted octanol–water partition coefficient (Wildman–Crippen LogP) is 4.30. The molecule has 0 bridgehead atoms. The molecule has 41 heavy (non-hydrogen) atoms. The molecule has 2 amide bonds. The number of nitrogens with zero attached hydrogens (tertiary/aromatic N) is 5. The van der Waals surface area contributed by atoms with Gasteiger partial charge in [-0.25, -0.2) is 22.7 Å². The van der Waals surface area contributed by atoms with Crippen molar-refractivity contribution >= 4 is 28.9 Å². The lowest BCUT2D eigenvalue weighted by Gasteiger charge is -2.18. The number of benzene rings is 1. The zero-order valence-corrected chi connectivity index (χ0v) is 22.7. The molecule has 214 valence electrons. The maximum absolute atomic E-state index is 12.7. The first-order chi connectivity index (χ1) is 19.6. The van der Waals surface area contributed by atoms with Crippen LogP contribution in [0.15, 0.2) is 67.5 Å².